The Morgan fingerprint density at radius 2 is 1.90 bits per heavy atom. The lowest BCUT2D eigenvalue weighted by Gasteiger charge is -2.15. The van der Waals surface area contributed by atoms with Crippen LogP contribution in [0.15, 0.2) is 59.6 Å². The van der Waals surface area contributed by atoms with Crippen molar-refractivity contribution in [2.24, 2.45) is 4.99 Å². The van der Waals surface area contributed by atoms with E-state index in [-0.39, 0.29) is 23.7 Å². The molecule has 0 bridgehead atoms. The normalized spacial score (nSPS) is 17.6. The lowest BCUT2D eigenvalue weighted by molar-refractivity contribution is -0.383. The summed E-state index contributed by atoms with van der Waals surface area (Å²) >= 11 is 1.24. The molecule has 2 amide bonds. The molecule has 0 aromatic heterocycles. The van der Waals surface area contributed by atoms with E-state index in [1.807, 2.05) is 37.3 Å². The van der Waals surface area contributed by atoms with E-state index in [2.05, 4.69) is 10.3 Å². The lowest BCUT2D eigenvalue weighted by atomic mass is 10.2. The molecule has 2 aromatic carbocycles. The predicted molar refractivity (Wildman–Crippen MR) is 113 cm³/mol. The van der Waals surface area contributed by atoms with E-state index in [9.17, 15) is 19.7 Å². The number of aliphatic imine (C=N–C) groups is 1. The molecule has 1 aliphatic rings. The van der Waals surface area contributed by atoms with Crippen LogP contribution in [0.3, 0.4) is 0 Å². The number of nitro benzene ring substituents is 1. The third-order valence-electron chi connectivity index (χ3n) is 4.19. The number of hydrogen-bond donors (Lipinski definition) is 1. The summed E-state index contributed by atoms with van der Waals surface area (Å²) in [6.07, 6.45) is 0.665. The first-order valence-corrected chi connectivity index (χ1v) is 10.0. The van der Waals surface area contributed by atoms with Gasteiger partial charge in [0.2, 0.25) is 11.8 Å². The van der Waals surface area contributed by atoms with Gasteiger partial charge in [0.15, 0.2) is 5.17 Å². The summed E-state index contributed by atoms with van der Waals surface area (Å²) in [6, 6.07) is 15.2. The van der Waals surface area contributed by atoms with Crippen molar-refractivity contribution in [1.29, 1.82) is 0 Å². The fraction of sp³-hybridized carbons (Fsp3) is 0.250. The summed E-state index contributed by atoms with van der Waals surface area (Å²) < 4.78 is 0. The van der Waals surface area contributed by atoms with E-state index in [4.69, 9.17) is 0 Å². The van der Waals surface area contributed by atoms with Crippen molar-refractivity contribution in [3.8, 4) is 0 Å². The second-order valence-corrected chi connectivity index (χ2v) is 7.52. The molecule has 29 heavy (non-hydrogen) atoms. The number of amides is 2. The first-order valence-electron chi connectivity index (χ1n) is 9.14. The molecule has 1 heterocycles. The smallest absolute Gasteiger partial charge is 0.292 e. The molecule has 0 saturated carbocycles. The van der Waals surface area contributed by atoms with Crippen LogP contribution in [0.25, 0.3) is 0 Å². The molecule has 1 N–H and O–H groups in total. The number of para-hydroxylation sites is 3. The Labute approximate surface area is 172 Å². The summed E-state index contributed by atoms with van der Waals surface area (Å²) in [7, 11) is 0. The third kappa shape index (κ3) is 5.00. The molecule has 1 saturated heterocycles. The van der Waals surface area contributed by atoms with Crippen LogP contribution in [-0.2, 0) is 9.59 Å². The Balaban J connectivity index is 1.74. The van der Waals surface area contributed by atoms with E-state index in [0.29, 0.717) is 11.7 Å². The zero-order valence-electron chi connectivity index (χ0n) is 15.8. The molecular weight excluding hydrogens is 392 g/mol. The monoisotopic (exact) mass is 412 g/mol. The van der Waals surface area contributed by atoms with Gasteiger partial charge in [-0.3, -0.25) is 24.6 Å². The Kier molecular flexibility index (Phi) is 6.61. The predicted octanol–water partition coefficient (Wildman–Crippen LogP) is 3.97. The quantitative estimate of drug-likeness (QED) is 0.547. The standard InChI is InChI=1S/C20H20N4O4S/c1-2-12-23-19(26)17(29-20(23)21-14-8-4-3-5-9-14)13-18(25)22-15-10-6-7-11-16(15)24(27)28/h3-11,17H,2,12-13H2,1H3,(H,22,25). The van der Waals surface area contributed by atoms with E-state index >= 15 is 0 Å². The maximum absolute atomic E-state index is 12.8. The maximum Gasteiger partial charge on any atom is 0.292 e. The van der Waals surface area contributed by atoms with Gasteiger partial charge in [0, 0.05) is 19.0 Å². The van der Waals surface area contributed by atoms with Crippen molar-refractivity contribution >= 4 is 45.8 Å². The minimum atomic E-state index is -0.619. The SMILES string of the molecule is CCCN1C(=O)C(CC(=O)Nc2ccccc2[N+](=O)[O-])SC1=Nc1ccccc1. The summed E-state index contributed by atoms with van der Waals surface area (Å²) in [5, 5.41) is 13.6. The first kappa shape index (κ1) is 20.5. The lowest BCUT2D eigenvalue weighted by Crippen LogP contribution is -2.34. The highest BCUT2D eigenvalue weighted by atomic mass is 32.2. The van der Waals surface area contributed by atoms with Crippen LogP contribution in [0.2, 0.25) is 0 Å². The Morgan fingerprint density at radius 1 is 1.21 bits per heavy atom. The second kappa shape index (κ2) is 9.33. The molecule has 0 radical (unpaired) electrons. The average Bonchev–Trinajstić information content (AvgIpc) is 2.98. The molecule has 150 valence electrons. The van der Waals surface area contributed by atoms with E-state index in [0.717, 1.165) is 12.1 Å². The van der Waals surface area contributed by atoms with Gasteiger partial charge in [0.25, 0.3) is 5.69 Å². The Bertz CT molecular complexity index is 949. The van der Waals surface area contributed by atoms with Gasteiger partial charge in [-0.05, 0) is 24.6 Å². The number of nitrogens with zero attached hydrogens (tertiary/aromatic N) is 3. The minimum absolute atomic E-state index is 0.0937. The maximum atomic E-state index is 12.8. The van der Waals surface area contributed by atoms with Crippen LogP contribution in [0.4, 0.5) is 17.1 Å². The number of carbonyl (C=O) groups is 2. The van der Waals surface area contributed by atoms with Gasteiger partial charge in [0.1, 0.15) is 10.9 Å². The summed E-state index contributed by atoms with van der Waals surface area (Å²) in [5.41, 5.74) is 0.653. The molecule has 1 aliphatic heterocycles. The highest BCUT2D eigenvalue weighted by molar-refractivity contribution is 8.15. The first-order chi connectivity index (χ1) is 14.0. The average molecular weight is 412 g/mol. The van der Waals surface area contributed by atoms with Gasteiger partial charge in [-0.1, -0.05) is 49.0 Å². The van der Waals surface area contributed by atoms with E-state index in [1.165, 1.54) is 30.0 Å². The van der Waals surface area contributed by atoms with Crippen LogP contribution < -0.4 is 5.32 Å². The number of nitrogens with one attached hydrogen (secondary N) is 1. The number of thioether (sulfide) groups is 1. The van der Waals surface area contributed by atoms with Crippen molar-refractivity contribution in [2.75, 3.05) is 11.9 Å². The Morgan fingerprint density at radius 3 is 2.59 bits per heavy atom. The van der Waals surface area contributed by atoms with Gasteiger partial charge in [-0.2, -0.15) is 0 Å². The number of nitro groups is 1. The summed E-state index contributed by atoms with van der Waals surface area (Å²) in [6.45, 7) is 2.48. The second-order valence-electron chi connectivity index (χ2n) is 6.35. The number of rotatable bonds is 7. The third-order valence-corrected chi connectivity index (χ3v) is 5.37. The highest BCUT2D eigenvalue weighted by Crippen LogP contribution is 2.32. The molecule has 9 heteroatoms. The molecule has 1 unspecified atom stereocenters. The molecule has 3 rings (SSSR count). The van der Waals surface area contributed by atoms with Crippen molar-refractivity contribution in [2.45, 2.75) is 25.0 Å². The molecule has 0 aliphatic carbocycles. The molecule has 1 atom stereocenters. The van der Waals surface area contributed by atoms with Crippen LogP contribution in [0.1, 0.15) is 19.8 Å². The highest BCUT2D eigenvalue weighted by Gasteiger charge is 2.38. The molecule has 8 nitrogen and oxygen atoms in total. The van der Waals surface area contributed by atoms with Crippen molar-refractivity contribution in [3.63, 3.8) is 0 Å². The van der Waals surface area contributed by atoms with E-state index < -0.39 is 16.1 Å². The number of carbonyl (C=O) groups excluding carboxylic acids is 2. The largest absolute Gasteiger partial charge is 0.320 e. The van der Waals surface area contributed by atoms with Crippen molar-refractivity contribution in [1.82, 2.24) is 4.90 Å². The topological polar surface area (TPSA) is 105 Å². The zero-order valence-corrected chi connectivity index (χ0v) is 16.6. The van der Waals surface area contributed by atoms with Crippen LogP contribution >= 0.6 is 11.8 Å². The van der Waals surface area contributed by atoms with Gasteiger partial charge >= 0.3 is 0 Å². The number of hydrogen-bond acceptors (Lipinski definition) is 6. The molecule has 1 fully saturated rings. The summed E-state index contributed by atoms with van der Waals surface area (Å²) in [5.74, 6) is -0.633. The van der Waals surface area contributed by atoms with Gasteiger partial charge in [0.05, 0.1) is 10.6 Å². The van der Waals surface area contributed by atoms with Gasteiger partial charge in [-0.15, -0.1) is 0 Å². The number of amidine groups is 1. The van der Waals surface area contributed by atoms with Crippen LogP contribution in [0.5, 0.6) is 0 Å². The van der Waals surface area contributed by atoms with Gasteiger partial charge < -0.3 is 5.32 Å². The van der Waals surface area contributed by atoms with Crippen LogP contribution in [-0.4, -0.2) is 38.6 Å². The fourth-order valence-electron chi connectivity index (χ4n) is 2.88. The molecule has 0 spiro atoms. The molecular formula is C20H20N4O4S. The minimum Gasteiger partial charge on any atom is -0.320 e. The van der Waals surface area contributed by atoms with Crippen LogP contribution in [0, 0.1) is 10.1 Å². The fourth-order valence-corrected chi connectivity index (χ4v) is 4.06. The summed E-state index contributed by atoms with van der Waals surface area (Å²) in [4.78, 5) is 42.0. The number of anilines is 1. The van der Waals surface area contributed by atoms with Crippen molar-refractivity contribution < 1.29 is 14.5 Å². The van der Waals surface area contributed by atoms with E-state index in [1.54, 1.807) is 11.0 Å². The number of benzene rings is 2. The van der Waals surface area contributed by atoms with Crippen molar-refractivity contribution in [3.05, 3.63) is 64.7 Å². The zero-order chi connectivity index (χ0) is 20.8. The Hall–Kier alpha value is -3.20. The van der Waals surface area contributed by atoms with Gasteiger partial charge in [-0.25, -0.2) is 4.99 Å². The molecule has 2 aromatic rings.